The Morgan fingerprint density at radius 3 is 2.94 bits per heavy atom. The number of aromatic nitrogens is 1. The van der Waals surface area contributed by atoms with Gasteiger partial charge in [0.2, 0.25) is 0 Å². The van der Waals surface area contributed by atoms with E-state index in [1.807, 2.05) is 6.07 Å². The van der Waals surface area contributed by atoms with Crippen LogP contribution in [-0.2, 0) is 13.5 Å². The number of nitrogens with zero attached hydrogens (tertiary/aromatic N) is 1. The van der Waals surface area contributed by atoms with Crippen molar-refractivity contribution in [3.8, 4) is 0 Å². The van der Waals surface area contributed by atoms with Crippen LogP contribution in [0.1, 0.15) is 35.6 Å². The molecule has 1 heterocycles. The Morgan fingerprint density at radius 1 is 1.44 bits per heavy atom. The van der Waals surface area contributed by atoms with Gasteiger partial charge in [0, 0.05) is 35.6 Å². The van der Waals surface area contributed by atoms with Crippen molar-refractivity contribution in [2.24, 2.45) is 12.8 Å². The molecule has 0 aliphatic heterocycles. The summed E-state index contributed by atoms with van der Waals surface area (Å²) in [5.41, 5.74) is 11.3. The third kappa shape index (κ3) is 1.52. The normalized spacial score (nSPS) is 19.2. The first kappa shape index (κ1) is 12.1. The predicted octanol–water partition coefficient (Wildman–Crippen LogP) is 3.52. The molecule has 1 aromatic heterocycles. The summed E-state index contributed by atoms with van der Waals surface area (Å²) in [5.74, 6) is 0.504. The van der Waals surface area contributed by atoms with Crippen LogP contribution >= 0.6 is 11.6 Å². The fourth-order valence-electron chi connectivity index (χ4n) is 3.49. The van der Waals surface area contributed by atoms with Gasteiger partial charge in [0.15, 0.2) is 0 Å². The van der Waals surface area contributed by atoms with E-state index in [0.717, 1.165) is 11.6 Å². The van der Waals surface area contributed by atoms with E-state index < -0.39 is 0 Å². The summed E-state index contributed by atoms with van der Waals surface area (Å²) < 4.78 is 2.32. The molecule has 0 radical (unpaired) electrons. The zero-order valence-corrected chi connectivity index (χ0v) is 11.7. The second-order valence-corrected chi connectivity index (χ2v) is 5.72. The third-order valence-electron chi connectivity index (χ3n) is 4.35. The molecule has 0 saturated carbocycles. The van der Waals surface area contributed by atoms with Crippen LogP contribution in [0.25, 0.3) is 10.9 Å². The highest BCUT2D eigenvalue weighted by Crippen LogP contribution is 2.39. The Balaban J connectivity index is 2.38. The molecule has 3 rings (SSSR count). The first-order chi connectivity index (χ1) is 8.65. The second-order valence-electron chi connectivity index (χ2n) is 5.32. The summed E-state index contributed by atoms with van der Waals surface area (Å²) >= 11 is 6.26. The molecule has 1 unspecified atom stereocenters. The molecular weight excluding hydrogens is 244 g/mol. The quantitative estimate of drug-likeness (QED) is 0.838. The average molecular weight is 263 g/mol. The van der Waals surface area contributed by atoms with Gasteiger partial charge in [-0.3, -0.25) is 0 Å². The highest BCUT2D eigenvalue weighted by Gasteiger charge is 2.26. The van der Waals surface area contributed by atoms with Gasteiger partial charge in [-0.2, -0.15) is 0 Å². The molecule has 3 heteroatoms. The molecule has 1 aliphatic rings. The lowest BCUT2D eigenvalue weighted by Crippen LogP contribution is -2.20. The van der Waals surface area contributed by atoms with Crippen molar-refractivity contribution >= 4 is 22.5 Å². The summed E-state index contributed by atoms with van der Waals surface area (Å²) in [5, 5.41) is 2.22. The van der Waals surface area contributed by atoms with E-state index in [-0.39, 0.29) is 0 Å². The Kier molecular flexibility index (Phi) is 2.87. The molecule has 2 nitrogen and oxygen atoms in total. The molecule has 0 spiro atoms. The highest BCUT2D eigenvalue weighted by molar-refractivity contribution is 6.32. The summed E-state index contributed by atoms with van der Waals surface area (Å²) in [6.45, 7) is 2.84. The van der Waals surface area contributed by atoms with Crippen LogP contribution in [0.3, 0.4) is 0 Å². The van der Waals surface area contributed by atoms with Gasteiger partial charge in [-0.1, -0.05) is 17.7 Å². The van der Waals surface area contributed by atoms with Gasteiger partial charge in [0.25, 0.3) is 0 Å². The van der Waals surface area contributed by atoms with Gasteiger partial charge < -0.3 is 10.3 Å². The van der Waals surface area contributed by atoms with E-state index >= 15 is 0 Å². The number of nitrogens with two attached hydrogens (primary N) is 1. The maximum atomic E-state index is 6.26. The Morgan fingerprint density at radius 2 is 2.22 bits per heavy atom. The van der Waals surface area contributed by atoms with Gasteiger partial charge in [-0.05, 0) is 43.4 Å². The molecule has 2 aromatic rings. The molecule has 96 valence electrons. The fraction of sp³-hybridized carbons (Fsp3) is 0.467. The van der Waals surface area contributed by atoms with Gasteiger partial charge in [0.1, 0.15) is 0 Å². The van der Waals surface area contributed by atoms with Crippen LogP contribution < -0.4 is 5.73 Å². The number of hydrogen-bond donors (Lipinski definition) is 1. The third-order valence-corrected chi connectivity index (χ3v) is 4.76. The van der Waals surface area contributed by atoms with Gasteiger partial charge in [-0.25, -0.2) is 0 Å². The van der Waals surface area contributed by atoms with Crippen molar-refractivity contribution in [1.29, 1.82) is 0 Å². The maximum absolute atomic E-state index is 6.26. The lowest BCUT2D eigenvalue weighted by molar-refractivity contribution is 0.534. The summed E-state index contributed by atoms with van der Waals surface area (Å²) in [4.78, 5) is 0. The van der Waals surface area contributed by atoms with Crippen molar-refractivity contribution in [1.82, 2.24) is 4.57 Å². The topological polar surface area (TPSA) is 30.9 Å². The molecule has 0 fully saturated rings. The highest BCUT2D eigenvalue weighted by atomic mass is 35.5. The van der Waals surface area contributed by atoms with Crippen LogP contribution in [0, 0.1) is 6.92 Å². The van der Waals surface area contributed by atoms with Gasteiger partial charge in [-0.15, -0.1) is 0 Å². The minimum absolute atomic E-state index is 0.504. The Bertz CT molecular complexity index is 613. The van der Waals surface area contributed by atoms with E-state index in [1.165, 1.54) is 47.0 Å². The molecule has 0 bridgehead atoms. The molecule has 1 aromatic carbocycles. The SMILES string of the molecule is Cc1c(Cl)ccc2c3c(n(C)c12)C(CN)CCC3. The average Bonchev–Trinajstić information content (AvgIpc) is 2.68. The molecule has 1 aliphatic carbocycles. The summed E-state index contributed by atoms with van der Waals surface area (Å²) in [6.07, 6.45) is 3.63. The van der Waals surface area contributed by atoms with Gasteiger partial charge >= 0.3 is 0 Å². The first-order valence-corrected chi connectivity index (χ1v) is 6.99. The molecule has 0 amide bonds. The van der Waals surface area contributed by atoms with Crippen molar-refractivity contribution in [2.75, 3.05) is 6.54 Å². The molecule has 2 N–H and O–H groups in total. The lowest BCUT2D eigenvalue weighted by Gasteiger charge is -2.23. The van der Waals surface area contributed by atoms with E-state index in [4.69, 9.17) is 17.3 Å². The van der Waals surface area contributed by atoms with E-state index in [2.05, 4.69) is 24.6 Å². The second kappa shape index (κ2) is 4.29. The van der Waals surface area contributed by atoms with Crippen molar-refractivity contribution in [2.45, 2.75) is 32.1 Å². The minimum atomic E-state index is 0.504. The van der Waals surface area contributed by atoms with Gasteiger partial charge in [0.05, 0.1) is 5.52 Å². The number of rotatable bonds is 1. The van der Waals surface area contributed by atoms with E-state index in [0.29, 0.717) is 5.92 Å². The van der Waals surface area contributed by atoms with Crippen molar-refractivity contribution in [3.63, 3.8) is 0 Å². The number of aryl methyl sites for hydroxylation is 3. The lowest BCUT2D eigenvalue weighted by atomic mass is 9.86. The number of benzene rings is 1. The molecule has 0 saturated heterocycles. The fourth-order valence-corrected chi connectivity index (χ4v) is 3.64. The monoisotopic (exact) mass is 262 g/mol. The van der Waals surface area contributed by atoms with E-state index in [1.54, 1.807) is 0 Å². The smallest absolute Gasteiger partial charge is 0.0527 e. The zero-order chi connectivity index (χ0) is 12.9. The van der Waals surface area contributed by atoms with Crippen LogP contribution in [-0.4, -0.2) is 11.1 Å². The summed E-state index contributed by atoms with van der Waals surface area (Å²) in [7, 11) is 2.15. The Hall–Kier alpha value is -0.990. The number of halogens is 1. The molecular formula is C15H19ClN2. The standard InChI is InChI=1S/C15H19ClN2/c1-9-13(16)7-6-12-11-5-3-4-10(8-17)15(11)18(2)14(9)12/h6-7,10H,3-5,8,17H2,1-2H3. The number of hydrogen-bond acceptors (Lipinski definition) is 1. The largest absolute Gasteiger partial charge is 0.347 e. The van der Waals surface area contributed by atoms with Crippen LogP contribution in [0.2, 0.25) is 5.02 Å². The van der Waals surface area contributed by atoms with E-state index in [9.17, 15) is 0 Å². The summed E-state index contributed by atoms with van der Waals surface area (Å²) in [6, 6.07) is 4.19. The molecule has 1 atom stereocenters. The number of fused-ring (bicyclic) bond motifs is 3. The minimum Gasteiger partial charge on any atom is -0.347 e. The predicted molar refractivity (Wildman–Crippen MR) is 77.4 cm³/mol. The first-order valence-electron chi connectivity index (χ1n) is 6.61. The van der Waals surface area contributed by atoms with Crippen LogP contribution in [0.4, 0.5) is 0 Å². The van der Waals surface area contributed by atoms with Crippen LogP contribution in [0.5, 0.6) is 0 Å². The Labute approximate surface area is 113 Å². The van der Waals surface area contributed by atoms with Crippen molar-refractivity contribution < 1.29 is 0 Å². The van der Waals surface area contributed by atoms with Crippen LogP contribution in [0.15, 0.2) is 12.1 Å². The zero-order valence-electron chi connectivity index (χ0n) is 11.0. The molecule has 18 heavy (non-hydrogen) atoms. The maximum Gasteiger partial charge on any atom is 0.0527 e. The van der Waals surface area contributed by atoms with Crippen molar-refractivity contribution in [3.05, 3.63) is 34.0 Å².